The maximum atomic E-state index is 13.0. The first-order chi connectivity index (χ1) is 46.1. The number of aliphatic carboxylic acids is 1. The summed E-state index contributed by atoms with van der Waals surface area (Å²) in [5.41, 5.74) is 0. The van der Waals surface area contributed by atoms with Crippen LogP contribution >= 0.6 is 0 Å². The quantitative estimate of drug-likeness (QED) is 0.0211. The van der Waals surface area contributed by atoms with Crippen LogP contribution < -0.4 is 0 Å². The Morgan fingerprint density at radius 3 is 0.904 bits per heavy atom. The Hall–Kier alpha value is -3.53. The molecule has 2 atom stereocenters. The van der Waals surface area contributed by atoms with Gasteiger partial charge in [0.2, 0.25) is 0 Å². The van der Waals surface area contributed by atoms with Gasteiger partial charge in [0.05, 0.1) is 34.4 Å². The van der Waals surface area contributed by atoms with Crippen LogP contribution in [-0.2, 0) is 33.3 Å². The molecule has 546 valence electrons. The summed E-state index contributed by atoms with van der Waals surface area (Å²) >= 11 is 0. The molecule has 2 unspecified atom stereocenters. The summed E-state index contributed by atoms with van der Waals surface area (Å²) in [5, 5.41) is 9.77. The van der Waals surface area contributed by atoms with E-state index < -0.39 is 18.4 Å². The van der Waals surface area contributed by atoms with Crippen molar-refractivity contribution in [3.63, 3.8) is 0 Å². The molecule has 0 fully saturated rings. The number of carbonyl (C=O) groups is 3. The predicted octanol–water partition coefficient (Wildman–Crippen LogP) is 25.8. The van der Waals surface area contributed by atoms with Gasteiger partial charge in [-0.25, -0.2) is 4.79 Å². The minimum atomic E-state index is -1.51. The van der Waals surface area contributed by atoms with Crippen LogP contribution in [0.25, 0.3) is 0 Å². The highest BCUT2D eigenvalue weighted by molar-refractivity contribution is 5.71. The number of carboxylic acids is 1. The molecule has 0 aromatic rings. The lowest BCUT2D eigenvalue weighted by Gasteiger charge is -2.25. The number of quaternary nitrogens is 1. The highest BCUT2D eigenvalue weighted by Gasteiger charge is 2.25. The lowest BCUT2D eigenvalue weighted by atomic mass is 10.0. The van der Waals surface area contributed by atoms with E-state index in [4.69, 9.17) is 18.9 Å². The largest absolute Gasteiger partial charge is 0.477 e. The molecule has 9 nitrogen and oxygen atoms in total. The summed E-state index contributed by atoms with van der Waals surface area (Å²) in [6.07, 6.45) is 100. The van der Waals surface area contributed by atoms with Gasteiger partial charge in [-0.1, -0.05) is 381 Å². The number of hydrogen-bond donors (Lipinski definition) is 1. The zero-order valence-corrected chi connectivity index (χ0v) is 62.6. The van der Waals surface area contributed by atoms with Crippen molar-refractivity contribution in [2.45, 2.75) is 392 Å². The van der Waals surface area contributed by atoms with Gasteiger partial charge in [0.1, 0.15) is 13.2 Å². The number of unbranched alkanes of at least 4 members (excludes halogenated alkanes) is 46. The molecular weight excluding hydrogens is 1160 g/mol. The van der Waals surface area contributed by atoms with Crippen LogP contribution in [0.2, 0.25) is 0 Å². The summed E-state index contributed by atoms with van der Waals surface area (Å²) in [6.45, 7) is 4.83. The number of likely N-dealkylation sites (N-methyl/N-ethyl adjacent to an activating group) is 1. The molecule has 0 aromatic heterocycles. The van der Waals surface area contributed by atoms with Crippen molar-refractivity contribution in [2.24, 2.45) is 0 Å². The van der Waals surface area contributed by atoms with Crippen molar-refractivity contribution in [1.29, 1.82) is 0 Å². The molecule has 9 heteroatoms. The summed E-state index contributed by atoms with van der Waals surface area (Å²) in [5.74, 6) is -1.98. The van der Waals surface area contributed by atoms with E-state index in [1.165, 1.54) is 270 Å². The fraction of sp³-hybridized carbons (Fsp3) is 0.800. The molecule has 0 aliphatic rings. The molecule has 0 amide bonds. The molecule has 0 saturated carbocycles. The lowest BCUT2D eigenvalue weighted by molar-refractivity contribution is -0.870. The first-order valence-corrected chi connectivity index (χ1v) is 40.3. The molecule has 1 N–H and O–H groups in total. The number of nitrogens with zero attached hydrogens (tertiary/aromatic N) is 1. The van der Waals surface area contributed by atoms with Gasteiger partial charge in [-0.3, -0.25) is 9.59 Å². The van der Waals surface area contributed by atoms with Gasteiger partial charge in [-0.2, -0.15) is 0 Å². The smallest absolute Gasteiger partial charge is 0.361 e. The summed E-state index contributed by atoms with van der Waals surface area (Å²) in [6, 6.07) is 0. The monoisotopic (exact) mass is 1320 g/mol. The normalized spacial score (nSPS) is 13.1. The first kappa shape index (κ1) is 90.5. The van der Waals surface area contributed by atoms with E-state index in [9.17, 15) is 19.5 Å². The van der Waals surface area contributed by atoms with Gasteiger partial charge in [0.25, 0.3) is 6.29 Å². The number of hydrogen-bond acceptors (Lipinski definition) is 7. The zero-order valence-electron chi connectivity index (χ0n) is 62.6. The van der Waals surface area contributed by atoms with Gasteiger partial charge < -0.3 is 28.5 Å². The molecular formula is C85H154NO8+. The molecule has 0 aliphatic heterocycles. The Bertz CT molecular complexity index is 1820. The topological polar surface area (TPSA) is 108 Å². The molecule has 0 rings (SSSR count). The van der Waals surface area contributed by atoms with Crippen molar-refractivity contribution in [3.8, 4) is 0 Å². The van der Waals surface area contributed by atoms with Crippen molar-refractivity contribution in [1.82, 2.24) is 0 Å². The third-order valence-electron chi connectivity index (χ3n) is 17.9. The average Bonchev–Trinajstić information content (AvgIpc) is 3.76. The highest BCUT2D eigenvalue weighted by atomic mass is 16.7. The van der Waals surface area contributed by atoms with Crippen LogP contribution in [0.15, 0.2) is 85.1 Å². The van der Waals surface area contributed by atoms with Crippen LogP contribution in [0.4, 0.5) is 0 Å². The molecule has 0 spiro atoms. The molecule has 0 saturated heterocycles. The summed E-state index contributed by atoms with van der Waals surface area (Å²) in [4.78, 5) is 37.7. The molecule has 0 bridgehead atoms. The van der Waals surface area contributed by atoms with E-state index in [2.05, 4.69) is 98.9 Å². The number of ether oxygens (including phenoxy) is 4. The number of allylic oxidation sites excluding steroid dienone is 14. The van der Waals surface area contributed by atoms with Crippen LogP contribution in [0.5, 0.6) is 0 Å². The van der Waals surface area contributed by atoms with Crippen molar-refractivity contribution >= 4 is 17.9 Å². The molecule has 0 aromatic carbocycles. The van der Waals surface area contributed by atoms with E-state index in [0.29, 0.717) is 17.4 Å². The van der Waals surface area contributed by atoms with Gasteiger partial charge >= 0.3 is 17.9 Å². The van der Waals surface area contributed by atoms with Crippen LogP contribution in [0.3, 0.4) is 0 Å². The maximum Gasteiger partial charge on any atom is 0.361 e. The molecule has 0 radical (unpaired) electrons. The Morgan fingerprint density at radius 2 is 0.606 bits per heavy atom. The van der Waals surface area contributed by atoms with Crippen LogP contribution in [0.1, 0.15) is 380 Å². The van der Waals surface area contributed by atoms with Gasteiger partial charge in [0.15, 0.2) is 6.10 Å². The fourth-order valence-electron chi connectivity index (χ4n) is 11.8. The minimum absolute atomic E-state index is 0.178. The third-order valence-corrected chi connectivity index (χ3v) is 17.9. The lowest BCUT2D eigenvalue weighted by Crippen LogP contribution is -2.40. The summed E-state index contributed by atoms with van der Waals surface area (Å²) in [7, 11) is 5.99. The Morgan fingerprint density at radius 1 is 0.330 bits per heavy atom. The second-order valence-corrected chi connectivity index (χ2v) is 28.4. The Balaban J connectivity index is 4.00. The Kier molecular flexibility index (Phi) is 72.4. The standard InChI is InChI=1S/C85H153NO8/c1-6-8-10-12-14-16-18-20-22-24-26-28-30-32-34-36-38-39-40-41-42-43-44-45-46-48-50-52-54-56-58-60-62-64-66-68-70-72-74-76-83(88)94-81(80-93-85(84(89)90)91-78-77-86(3,4)5)79-92-82(87)75-73-71-69-67-65-63-61-59-57-55-53-51-49-47-37-35-33-31-29-27-25-23-21-19-17-15-13-11-9-7-2/h8,10,14,16,20,22,26,28,32,34,38-39,41-42,81,85H,6-7,9,11-13,15,17-19,21,23-25,27,29-31,33,35-37,40,43-80H2,1-5H3/p+1/b10-8-,16-14-,22-20-,28-26-,34-32-,39-38-,42-41-. The Labute approximate surface area is 582 Å². The SMILES string of the molecule is CC/C=C\C/C=C\C/C=C\C/C=C\C/C=C\C/C=C\C/C=C\CCCCCCCCCCCCCCCCCCCC(=O)OC(COC(=O)CCCCCCCCCCCCCCCCCCCCCCCCCCCCCCCC)COC(OCC[N+](C)(C)C)C(=O)O. The second kappa shape index (κ2) is 75.2. The van der Waals surface area contributed by atoms with Gasteiger partial charge in [-0.15, -0.1) is 0 Å². The predicted molar refractivity (Wildman–Crippen MR) is 406 cm³/mol. The number of rotatable bonds is 75. The first-order valence-electron chi connectivity index (χ1n) is 40.3. The van der Waals surface area contributed by atoms with Crippen molar-refractivity contribution < 1.29 is 42.9 Å². The molecule has 0 heterocycles. The van der Waals surface area contributed by atoms with Gasteiger partial charge in [0, 0.05) is 12.8 Å². The highest BCUT2D eigenvalue weighted by Crippen LogP contribution is 2.20. The van der Waals surface area contributed by atoms with E-state index >= 15 is 0 Å². The third kappa shape index (κ3) is 75.8. The second-order valence-electron chi connectivity index (χ2n) is 28.4. The maximum absolute atomic E-state index is 13.0. The zero-order chi connectivity index (χ0) is 68.2. The van der Waals surface area contributed by atoms with Crippen molar-refractivity contribution in [2.75, 3.05) is 47.5 Å². The minimum Gasteiger partial charge on any atom is -0.477 e. The molecule has 94 heavy (non-hydrogen) atoms. The van der Waals surface area contributed by atoms with E-state index in [1.54, 1.807) is 0 Å². The fourth-order valence-corrected chi connectivity index (χ4v) is 11.8. The van der Waals surface area contributed by atoms with E-state index in [1.807, 2.05) is 21.1 Å². The number of esters is 2. The van der Waals surface area contributed by atoms with E-state index in [0.717, 1.165) is 83.5 Å². The van der Waals surface area contributed by atoms with Crippen LogP contribution in [0, 0.1) is 0 Å². The van der Waals surface area contributed by atoms with Crippen molar-refractivity contribution in [3.05, 3.63) is 85.1 Å². The molecule has 0 aliphatic carbocycles. The number of carboxylic acid groups (broad SMARTS) is 1. The summed E-state index contributed by atoms with van der Waals surface area (Å²) < 4.78 is 23.1. The average molecular weight is 1320 g/mol. The number of carbonyl (C=O) groups excluding carboxylic acids is 2. The van der Waals surface area contributed by atoms with E-state index in [-0.39, 0.29) is 38.2 Å². The van der Waals surface area contributed by atoms with Gasteiger partial charge in [-0.05, 0) is 70.6 Å². The van der Waals surface area contributed by atoms with Crippen LogP contribution in [-0.4, -0.2) is 87.4 Å².